The Morgan fingerprint density at radius 1 is 1.80 bits per heavy atom. The van der Waals surface area contributed by atoms with Crippen molar-refractivity contribution in [1.82, 2.24) is 0 Å². The Kier molecular flexibility index (Phi) is 82.7. The molecule has 0 atom stereocenters. The number of rotatable bonds is 0. The molecule has 4 heteroatoms. The molecule has 0 fully saturated rings. The van der Waals surface area contributed by atoms with E-state index >= 15 is 0 Å². The minimum atomic E-state index is 0. The molecule has 0 bridgehead atoms. The quantitative estimate of drug-likeness (QED) is 0.201. The molecule has 0 heterocycles. The van der Waals surface area contributed by atoms with Crippen molar-refractivity contribution in [3.63, 3.8) is 0 Å². The maximum absolute atomic E-state index is 7.10. The second-order valence-electron chi connectivity index (χ2n) is 0.129. The molecule has 26 valence electrons. The van der Waals surface area contributed by atoms with Gasteiger partial charge in [0.15, 0.2) is 6.19 Å². The summed E-state index contributed by atoms with van der Waals surface area (Å²) < 4.78 is 0. The monoisotopic (exact) mass is 102 g/mol. The van der Waals surface area contributed by atoms with Gasteiger partial charge in [0.25, 0.3) is 0 Å². The zero-order chi connectivity index (χ0) is 2.71. The fourth-order valence-corrected chi connectivity index (χ4v) is 0. The Balaban J connectivity index is -0.00000000667. The van der Waals surface area contributed by atoms with Crippen molar-refractivity contribution >= 4 is 12.4 Å². The third-order valence-corrected chi connectivity index (χ3v) is 0. The van der Waals surface area contributed by atoms with Gasteiger partial charge in [-0.3, -0.25) is 0 Å². The molecule has 0 radical (unpaired) electrons. The van der Waals surface area contributed by atoms with Gasteiger partial charge in [-0.1, -0.05) is 0 Å². The zero-order valence-corrected chi connectivity index (χ0v) is 5.75. The predicted molar refractivity (Wildman–Crippen MR) is 18.2 cm³/mol. The van der Waals surface area contributed by atoms with E-state index in [1.54, 1.807) is 0 Å². The Labute approximate surface area is 60.5 Å². The molecular weight excluding hydrogens is 98.5 g/mol. The third-order valence-electron chi connectivity index (χ3n) is 0. The first-order valence-electron chi connectivity index (χ1n) is 0.512. The molecule has 0 aliphatic carbocycles. The van der Waals surface area contributed by atoms with Crippen LogP contribution in [0.2, 0.25) is 0 Å². The Morgan fingerprint density at radius 3 is 1.80 bits per heavy atom. The maximum atomic E-state index is 7.10. The number of nitriles is 1. The number of hydrogen-bond donors (Lipinski definition) is 1. The molecule has 0 aliphatic heterocycles. The second kappa shape index (κ2) is 23.5. The van der Waals surface area contributed by atoms with Gasteiger partial charge in [0.1, 0.15) is 0 Å². The molecule has 0 saturated carbocycles. The molecule has 0 aromatic rings. The summed E-state index contributed by atoms with van der Waals surface area (Å²) in [6, 6.07) is 0. The Bertz CT molecular complexity index is 35.0. The summed E-state index contributed by atoms with van der Waals surface area (Å²) in [6.45, 7) is 0. The Hall–Kier alpha value is 0.580. The largest absolute Gasteiger partial charge is 1.00 e. The summed E-state index contributed by atoms with van der Waals surface area (Å²) in [6.07, 6.45) is 1.25. The zero-order valence-electron chi connectivity index (χ0n) is 3.93. The van der Waals surface area contributed by atoms with Crippen LogP contribution < -0.4 is 35.3 Å². The molecule has 0 saturated heterocycles. The normalized spacial score (nSPS) is 1.40. The van der Waals surface area contributed by atoms with Crippen molar-refractivity contribution in [1.29, 1.82) is 5.26 Å². The van der Waals surface area contributed by atoms with E-state index in [0.717, 1.165) is 0 Å². The molecule has 2 nitrogen and oxygen atoms in total. The van der Waals surface area contributed by atoms with Crippen LogP contribution >= 0.6 is 12.4 Å². The molecule has 0 aromatic carbocycles. The van der Waals surface area contributed by atoms with Crippen LogP contribution in [0.1, 0.15) is 1.43 Å². The molecule has 2 N–H and O–H groups in total. The SMILES string of the molecule is Cl.N#CN.[H-].[Na+]. The van der Waals surface area contributed by atoms with E-state index in [1.165, 1.54) is 6.19 Å². The molecule has 0 aromatic heterocycles. The van der Waals surface area contributed by atoms with Crippen molar-refractivity contribution in [2.75, 3.05) is 0 Å². The van der Waals surface area contributed by atoms with Crippen molar-refractivity contribution in [2.45, 2.75) is 0 Å². The fourth-order valence-electron chi connectivity index (χ4n) is 0. The standard InChI is InChI=1S/CH2N2.ClH.Na.H/c2-1-3;;;/h2H2;1H;;/q;;+1;-1. The van der Waals surface area contributed by atoms with E-state index in [0.29, 0.717) is 0 Å². The van der Waals surface area contributed by atoms with Crippen LogP contribution in [-0.4, -0.2) is 0 Å². The molecule has 0 aliphatic rings. The van der Waals surface area contributed by atoms with Crippen LogP contribution in [0.3, 0.4) is 0 Å². The van der Waals surface area contributed by atoms with Crippen molar-refractivity contribution < 1.29 is 31.0 Å². The van der Waals surface area contributed by atoms with Gasteiger partial charge >= 0.3 is 29.6 Å². The van der Waals surface area contributed by atoms with Gasteiger partial charge in [0, 0.05) is 0 Å². The van der Waals surface area contributed by atoms with Gasteiger partial charge in [0.2, 0.25) is 0 Å². The first-order valence-corrected chi connectivity index (χ1v) is 0.512. The van der Waals surface area contributed by atoms with Gasteiger partial charge in [-0.25, -0.2) is 0 Å². The summed E-state index contributed by atoms with van der Waals surface area (Å²) in [5.74, 6) is 0. The average molecular weight is 102 g/mol. The molecular formula is CH4ClN2Na. The molecule has 0 unspecified atom stereocenters. The van der Waals surface area contributed by atoms with Crippen LogP contribution in [0, 0.1) is 11.5 Å². The van der Waals surface area contributed by atoms with Gasteiger partial charge in [-0.2, -0.15) is 5.26 Å². The number of nitrogens with zero attached hydrogens (tertiary/aromatic N) is 1. The van der Waals surface area contributed by atoms with Gasteiger partial charge in [0.05, 0.1) is 0 Å². The minimum Gasteiger partial charge on any atom is -1.00 e. The summed E-state index contributed by atoms with van der Waals surface area (Å²) in [7, 11) is 0. The van der Waals surface area contributed by atoms with Gasteiger partial charge < -0.3 is 7.16 Å². The Morgan fingerprint density at radius 2 is 1.80 bits per heavy atom. The van der Waals surface area contributed by atoms with Gasteiger partial charge in [-0.05, 0) is 0 Å². The van der Waals surface area contributed by atoms with Crippen LogP contribution in [0.15, 0.2) is 0 Å². The van der Waals surface area contributed by atoms with E-state index < -0.39 is 0 Å². The number of halogens is 1. The van der Waals surface area contributed by atoms with Crippen LogP contribution in [0.25, 0.3) is 0 Å². The summed E-state index contributed by atoms with van der Waals surface area (Å²) in [5, 5.41) is 7.10. The summed E-state index contributed by atoms with van der Waals surface area (Å²) in [5.41, 5.74) is 4.15. The van der Waals surface area contributed by atoms with E-state index in [1.807, 2.05) is 0 Å². The van der Waals surface area contributed by atoms with E-state index in [9.17, 15) is 0 Å². The first-order chi connectivity index (χ1) is 1.41. The topological polar surface area (TPSA) is 49.8 Å². The number of hydrogen-bond acceptors (Lipinski definition) is 2. The third kappa shape index (κ3) is 90.6. The van der Waals surface area contributed by atoms with Crippen LogP contribution in [-0.2, 0) is 0 Å². The maximum Gasteiger partial charge on any atom is 1.00 e. The fraction of sp³-hybridized carbons (Fsp3) is 0. The van der Waals surface area contributed by atoms with Crippen LogP contribution in [0.5, 0.6) is 0 Å². The van der Waals surface area contributed by atoms with E-state index in [4.69, 9.17) is 5.26 Å². The smallest absolute Gasteiger partial charge is 1.00 e. The summed E-state index contributed by atoms with van der Waals surface area (Å²) >= 11 is 0. The van der Waals surface area contributed by atoms with E-state index in [-0.39, 0.29) is 43.4 Å². The van der Waals surface area contributed by atoms with Crippen LogP contribution in [0.4, 0.5) is 0 Å². The van der Waals surface area contributed by atoms with Crippen molar-refractivity contribution in [2.24, 2.45) is 5.73 Å². The van der Waals surface area contributed by atoms with Crippen molar-refractivity contribution in [3.8, 4) is 6.19 Å². The van der Waals surface area contributed by atoms with Crippen molar-refractivity contribution in [3.05, 3.63) is 0 Å². The minimum absolute atomic E-state index is 0. The predicted octanol–water partition coefficient (Wildman–Crippen LogP) is -3.04. The molecule has 0 rings (SSSR count). The number of nitrogens with two attached hydrogens (primary N) is 1. The van der Waals surface area contributed by atoms with E-state index in [2.05, 4.69) is 5.73 Å². The summed E-state index contributed by atoms with van der Waals surface area (Å²) in [4.78, 5) is 0. The second-order valence-corrected chi connectivity index (χ2v) is 0.129. The molecule has 0 spiro atoms. The average Bonchev–Trinajstić information content (AvgIpc) is 0.918. The molecule has 5 heavy (non-hydrogen) atoms. The first kappa shape index (κ1) is 17.6. The van der Waals surface area contributed by atoms with Gasteiger partial charge in [-0.15, -0.1) is 12.4 Å². The molecule has 0 amide bonds.